The second-order valence-electron chi connectivity index (χ2n) is 6.11. The molecule has 5 nitrogen and oxygen atoms in total. The molecule has 140 valence electrons. The van der Waals surface area contributed by atoms with Crippen LogP contribution in [0.15, 0.2) is 41.0 Å². The number of alkyl halides is 3. The standard InChI is InChI=1S/C19H15F3N2O3/c1-2-26-18(25)11-3-5-12(6-4-11)24-16-13-9-10-27-15(13)8-7-14(16)17(23-24)19(20,21)22/h3-6,9-10H,2,7-8H2,1H3. The van der Waals surface area contributed by atoms with Gasteiger partial charge in [0, 0.05) is 17.5 Å². The highest BCUT2D eigenvalue weighted by Gasteiger charge is 2.41. The maximum atomic E-state index is 13.5. The number of aryl methyl sites for hydroxylation is 1. The van der Waals surface area contributed by atoms with Gasteiger partial charge in [0.15, 0.2) is 5.69 Å². The number of aromatic nitrogens is 2. The van der Waals surface area contributed by atoms with Crippen molar-refractivity contribution in [1.82, 2.24) is 9.78 Å². The summed E-state index contributed by atoms with van der Waals surface area (Å²) >= 11 is 0. The highest BCUT2D eigenvalue weighted by Crippen LogP contribution is 2.42. The van der Waals surface area contributed by atoms with Crippen LogP contribution in [-0.4, -0.2) is 22.4 Å². The number of hydrogen-bond acceptors (Lipinski definition) is 4. The monoisotopic (exact) mass is 376 g/mol. The lowest BCUT2D eigenvalue weighted by atomic mass is 9.94. The molecule has 0 bridgehead atoms. The molecule has 0 atom stereocenters. The highest BCUT2D eigenvalue weighted by atomic mass is 19.4. The smallest absolute Gasteiger partial charge is 0.435 e. The molecular formula is C19H15F3N2O3. The number of fused-ring (bicyclic) bond motifs is 3. The quantitative estimate of drug-likeness (QED) is 0.635. The Bertz CT molecular complexity index is 1000. The molecule has 2 aromatic heterocycles. The van der Waals surface area contributed by atoms with Gasteiger partial charge in [-0.25, -0.2) is 9.48 Å². The topological polar surface area (TPSA) is 57.3 Å². The van der Waals surface area contributed by atoms with Crippen LogP contribution in [0, 0.1) is 0 Å². The van der Waals surface area contributed by atoms with Crippen molar-refractivity contribution in [2.45, 2.75) is 25.9 Å². The van der Waals surface area contributed by atoms with E-state index < -0.39 is 17.8 Å². The van der Waals surface area contributed by atoms with E-state index >= 15 is 0 Å². The first-order chi connectivity index (χ1) is 12.9. The van der Waals surface area contributed by atoms with Gasteiger partial charge in [0.25, 0.3) is 0 Å². The summed E-state index contributed by atoms with van der Waals surface area (Å²) in [6, 6.07) is 7.77. The first kappa shape index (κ1) is 17.4. The summed E-state index contributed by atoms with van der Waals surface area (Å²) in [5.41, 5.74) is 0.991. The fraction of sp³-hybridized carbons (Fsp3) is 0.263. The molecule has 2 heterocycles. The lowest BCUT2D eigenvalue weighted by Gasteiger charge is -2.15. The van der Waals surface area contributed by atoms with Gasteiger partial charge in [0.05, 0.1) is 29.8 Å². The number of hydrogen-bond donors (Lipinski definition) is 0. The zero-order valence-electron chi connectivity index (χ0n) is 14.3. The van der Waals surface area contributed by atoms with Crippen LogP contribution in [0.5, 0.6) is 0 Å². The first-order valence-electron chi connectivity index (χ1n) is 8.43. The molecule has 0 fully saturated rings. The second kappa shape index (κ2) is 6.29. The Morgan fingerprint density at radius 2 is 1.96 bits per heavy atom. The van der Waals surface area contributed by atoms with Crippen molar-refractivity contribution in [1.29, 1.82) is 0 Å². The largest absolute Gasteiger partial charge is 0.469 e. The normalized spacial score (nSPS) is 13.2. The van der Waals surface area contributed by atoms with Crippen LogP contribution in [-0.2, 0) is 23.8 Å². The third-order valence-corrected chi connectivity index (χ3v) is 4.48. The SMILES string of the molecule is CCOC(=O)c1ccc(-n2nc(C(F)(F)F)c3c2-c2ccoc2CC3)cc1. The van der Waals surface area contributed by atoms with Gasteiger partial charge in [-0.2, -0.15) is 18.3 Å². The minimum atomic E-state index is -4.55. The highest BCUT2D eigenvalue weighted by molar-refractivity contribution is 5.89. The Morgan fingerprint density at radius 1 is 1.22 bits per heavy atom. The lowest BCUT2D eigenvalue weighted by molar-refractivity contribution is -0.142. The number of nitrogens with zero attached hydrogens (tertiary/aromatic N) is 2. The Balaban J connectivity index is 1.85. The Labute approximate surface area is 152 Å². The molecule has 1 aromatic carbocycles. The van der Waals surface area contributed by atoms with E-state index in [4.69, 9.17) is 9.15 Å². The first-order valence-corrected chi connectivity index (χ1v) is 8.43. The number of benzene rings is 1. The molecule has 0 aliphatic heterocycles. The lowest BCUT2D eigenvalue weighted by Crippen LogP contribution is -2.11. The van der Waals surface area contributed by atoms with Crippen molar-refractivity contribution in [2.24, 2.45) is 0 Å². The number of esters is 1. The number of carbonyl (C=O) groups excluding carboxylic acids is 1. The minimum absolute atomic E-state index is 0.158. The molecule has 1 aliphatic carbocycles. The molecule has 0 unspecified atom stereocenters. The second-order valence-corrected chi connectivity index (χ2v) is 6.11. The predicted molar refractivity (Wildman–Crippen MR) is 89.6 cm³/mol. The third-order valence-electron chi connectivity index (χ3n) is 4.48. The summed E-state index contributed by atoms with van der Waals surface area (Å²) in [6.07, 6.45) is -2.49. The van der Waals surface area contributed by atoms with E-state index in [1.165, 1.54) is 23.1 Å². The van der Waals surface area contributed by atoms with Crippen LogP contribution < -0.4 is 0 Å². The van der Waals surface area contributed by atoms with Gasteiger partial charge in [0.1, 0.15) is 5.76 Å². The average Bonchev–Trinajstić information content (AvgIpc) is 3.25. The van der Waals surface area contributed by atoms with Gasteiger partial charge in [0.2, 0.25) is 0 Å². The number of rotatable bonds is 3. The molecule has 0 saturated heterocycles. The van der Waals surface area contributed by atoms with E-state index in [9.17, 15) is 18.0 Å². The van der Waals surface area contributed by atoms with Crippen molar-refractivity contribution in [2.75, 3.05) is 6.61 Å². The van der Waals surface area contributed by atoms with Crippen LogP contribution >= 0.6 is 0 Å². The number of halogens is 3. The Hall–Kier alpha value is -3.03. The maximum absolute atomic E-state index is 13.5. The average molecular weight is 376 g/mol. The van der Waals surface area contributed by atoms with Gasteiger partial charge >= 0.3 is 12.1 Å². The van der Waals surface area contributed by atoms with Gasteiger partial charge in [-0.15, -0.1) is 0 Å². The molecule has 27 heavy (non-hydrogen) atoms. The molecule has 0 radical (unpaired) electrons. The van der Waals surface area contributed by atoms with Crippen molar-refractivity contribution < 1.29 is 27.1 Å². The molecular weight excluding hydrogens is 361 g/mol. The Morgan fingerprint density at radius 3 is 2.63 bits per heavy atom. The zero-order valence-corrected chi connectivity index (χ0v) is 14.3. The molecule has 3 aromatic rings. The van der Waals surface area contributed by atoms with E-state index in [1.54, 1.807) is 25.1 Å². The summed E-state index contributed by atoms with van der Waals surface area (Å²) in [4.78, 5) is 11.8. The van der Waals surface area contributed by atoms with Crippen LogP contribution in [0.2, 0.25) is 0 Å². The van der Waals surface area contributed by atoms with Gasteiger partial charge in [-0.1, -0.05) is 0 Å². The van der Waals surface area contributed by atoms with Gasteiger partial charge < -0.3 is 9.15 Å². The molecule has 0 amide bonds. The number of ether oxygens (including phenoxy) is 1. The predicted octanol–water partition coefficient (Wildman–Crippen LogP) is 4.43. The molecule has 1 aliphatic rings. The fourth-order valence-electron chi connectivity index (χ4n) is 3.32. The summed E-state index contributed by atoms with van der Waals surface area (Å²) in [5.74, 6) is 0.153. The number of carbonyl (C=O) groups is 1. The molecule has 8 heteroatoms. The summed E-state index contributed by atoms with van der Waals surface area (Å²) in [5, 5.41) is 3.86. The van der Waals surface area contributed by atoms with Gasteiger partial charge in [-0.05, 0) is 43.7 Å². The molecule has 0 spiro atoms. The van der Waals surface area contributed by atoms with E-state index in [-0.39, 0.29) is 18.6 Å². The minimum Gasteiger partial charge on any atom is -0.469 e. The van der Waals surface area contributed by atoms with E-state index in [1.807, 2.05) is 0 Å². The summed E-state index contributed by atoms with van der Waals surface area (Å²) in [7, 11) is 0. The van der Waals surface area contributed by atoms with Crippen molar-refractivity contribution in [3.05, 3.63) is 59.2 Å². The maximum Gasteiger partial charge on any atom is 0.435 e. The van der Waals surface area contributed by atoms with Crippen LogP contribution in [0.3, 0.4) is 0 Å². The van der Waals surface area contributed by atoms with Crippen molar-refractivity contribution >= 4 is 5.97 Å². The zero-order chi connectivity index (χ0) is 19.2. The van der Waals surface area contributed by atoms with Crippen molar-refractivity contribution in [3.63, 3.8) is 0 Å². The summed E-state index contributed by atoms with van der Waals surface area (Å²) < 4.78 is 52.1. The molecule has 0 N–H and O–H groups in total. The van der Waals surface area contributed by atoms with Gasteiger partial charge in [-0.3, -0.25) is 0 Å². The van der Waals surface area contributed by atoms with E-state index in [0.717, 1.165) is 0 Å². The van der Waals surface area contributed by atoms with Crippen LogP contribution in [0.4, 0.5) is 13.2 Å². The van der Waals surface area contributed by atoms with E-state index in [2.05, 4.69) is 5.10 Å². The van der Waals surface area contributed by atoms with Crippen LogP contribution in [0.25, 0.3) is 16.9 Å². The van der Waals surface area contributed by atoms with Crippen molar-refractivity contribution in [3.8, 4) is 16.9 Å². The van der Waals surface area contributed by atoms with E-state index in [0.29, 0.717) is 34.7 Å². The summed E-state index contributed by atoms with van der Waals surface area (Å²) in [6.45, 7) is 1.94. The third kappa shape index (κ3) is 2.90. The number of furan rings is 1. The van der Waals surface area contributed by atoms with Crippen LogP contribution in [0.1, 0.15) is 34.3 Å². The Kier molecular flexibility index (Phi) is 4.05. The molecule has 4 rings (SSSR count). The fourth-order valence-corrected chi connectivity index (χ4v) is 3.32. The molecule has 0 saturated carbocycles.